The number of alkyl halides is 4. The molecule has 0 N–H and O–H groups in total. The summed E-state index contributed by atoms with van der Waals surface area (Å²) in [6, 6.07) is 1.57. The molecular weight excluding hydrogens is 390 g/mol. The van der Waals surface area contributed by atoms with Crippen LogP contribution in [0.3, 0.4) is 0 Å². The SMILES string of the molecule is CCCC(C)COCC1CC(F)C(C(=O)OC2CC(F)C(C#N)C(F)C2)C(F)C1. The standard InChI is InChI=1S/C21H31F4NO3/c1-3-4-12(2)10-28-11-13-5-18(24)20(19(25)6-13)21(27)29-14-7-16(22)15(9-26)17(23)8-14/h12-20H,3-8,10-11H2,1-2H3. The number of hydrogen-bond donors (Lipinski definition) is 0. The summed E-state index contributed by atoms with van der Waals surface area (Å²) in [5.74, 6) is -4.03. The van der Waals surface area contributed by atoms with Gasteiger partial charge in [0.25, 0.3) is 0 Å². The zero-order valence-corrected chi connectivity index (χ0v) is 17.0. The second kappa shape index (κ2) is 11.1. The van der Waals surface area contributed by atoms with Crippen molar-refractivity contribution in [2.45, 2.75) is 83.2 Å². The summed E-state index contributed by atoms with van der Waals surface area (Å²) in [4.78, 5) is 12.3. The molecule has 0 aromatic carbocycles. The number of carbonyl (C=O) groups excluding carboxylic acids is 1. The predicted octanol–water partition coefficient (Wildman–Crippen LogP) is 4.66. The largest absolute Gasteiger partial charge is 0.462 e. The summed E-state index contributed by atoms with van der Waals surface area (Å²) < 4.78 is 67.4. The lowest BCUT2D eigenvalue weighted by molar-refractivity contribution is -0.166. The third-order valence-corrected chi connectivity index (χ3v) is 5.89. The molecule has 0 aromatic heterocycles. The third kappa shape index (κ3) is 6.56. The van der Waals surface area contributed by atoms with Crippen LogP contribution < -0.4 is 0 Å². The maximum atomic E-state index is 14.5. The van der Waals surface area contributed by atoms with Gasteiger partial charge < -0.3 is 9.47 Å². The monoisotopic (exact) mass is 421 g/mol. The van der Waals surface area contributed by atoms with E-state index in [4.69, 9.17) is 14.7 Å². The van der Waals surface area contributed by atoms with Crippen molar-refractivity contribution in [3.8, 4) is 6.07 Å². The summed E-state index contributed by atoms with van der Waals surface area (Å²) in [6.07, 6.45) is -6.75. The van der Waals surface area contributed by atoms with E-state index in [1.807, 2.05) is 0 Å². The molecule has 4 nitrogen and oxygen atoms in total. The second-order valence-electron chi connectivity index (χ2n) is 8.54. The van der Waals surface area contributed by atoms with Crippen LogP contribution in [-0.4, -0.2) is 50.0 Å². The number of esters is 1. The van der Waals surface area contributed by atoms with Crippen molar-refractivity contribution in [3.63, 3.8) is 0 Å². The Morgan fingerprint density at radius 3 is 2.17 bits per heavy atom. The van der Waals surface area contributed by atoms with Crippen LogP contribution in [0.15, 0.2) is 0 Å². The topological polar surface area (TPSA) is 59.3 Å². The van der Waals surface area contributed by atoms with Gasteiger partial charge in [0.05, 0.1) is 6.07 Å². The first-order chi connectivity index (χ1) is 13.8. The van der Waals surface area contributed by atoms with Gasteiger partial charge in [0.2, 0.25) is 0 Å². The molecule has 0 aliphatic heterocycles. The molecule has 2 aliphatic carbocycles. The fourth-order valence-corrected chi connectivity index (χ4v) is 4.32. The molecule has 0 amide bonds. The lowest BCUT2D eigenvalue weighted by atomic mass is 9.79. The minimum Gasteiger partial charge on any atom is -0.462 e. The zero-order chi connectivity index (χ0) is 21.6. The number of hydrogen-bond acceptors (Lipinski definition) is 4. The molecule has 0 radical (unpaired) electrons. The highest BCUT2D eigenvalue weighted by atomic mass is 19.2. The number of rotatable bonds is 8. The Kier molecular flexibility index (Phi) is 9.19. The van der Waals surface area contributed by atoms with Gasteiger partial charge in [-0.15, -0.1) is 0 Å². The lowest BCUT2D eigenvalue weighted by Gasteiger charge is -2.35. The van der Waals surface area contributed by atoms with Crippen LogP contribution in [0.25, 0.3) is 0 Å². The Balaban J connectivity index is 1.82. The van der Waals surface area contributed by atoms with Gasteiger partial charge in [-0.05, 0) is 31.1 Å². The van der Waals surface area contributed by atoms with Gasteiger partial charge in [-0.2, -0.15) is 5.26 Å². The number of carbonyl (C=O) groups is 1. The van der Waals surface area contributed by atoms with Crippen LogP contribution in [0.4, 0.5) is 17.6 Å². The van der Waals surface area contributed by atoms with Gasteiger partial charge >= 0.3 is 5.97 Å². The van der Waals surface area contributed by atoms with Crippen LogP contribution >= 0.6 is 0 Å². The van der Waals surface area contributed by atoms with Gasteiger partial charge in [0.1, 0.15) is 42.6 Å². The first kappa shape index (κ1) is 23.9. The van der Waals surface area contributed by atoms with Crippen molar-refractivity contribution in [1.82, 2.24) is 0 Å². The molecule has 0 saturated heterocycles. The van der Waals surface area contributed by atoms with Gasteiger partial charge in [0.15, 0.2) is 0 Å². The lowest BCUT2D eigenvalue weighted by Crippen LogP contribution is -2.45. The molecule has 2 fully saturated rings. The van der Waals surface area contributed by atoms with E-state index in [0.29, 0.717) is 12.5 Å². The predicted molar refractivity (Wildman–Crippen MR) is 98.9 cm³/mol. The molecular formula is C21H31F4NO3. The molecule has 166 valence electrons. The van der Waals surface area contributed by atoms with Gasteiger partial charge in [-0.1, -0.05) is 20.3 Å². The first-order valence-corrected chi connectivity index (χ1v) is 10.5. The van der Waals surface area contributed by atoms with Crippen LogP contribution in [0.1, 0.15) is 52.4 Å². The minimum atomic E-state index is -1.77. The van der Waals surface area contributed by atoms with Gasteiger partial charge in [-0.25, -0.2) is 17.6 Å². The quantitative estimate of drug-likeness (QED) is 0.422. The highest BCUT2D eigenvalue weighted by Gasteiger charge is 2.46. The zero-order valence-electron chi connectivity index (χ0n) is 17.0. The molecule has 2 saturated carbocycles. The second-order valence-corrected chi connectivity index (χ2v) is 8.54. The number of nitrogens with zero attached hydrogens (tertiary/aromatic N) is 1. The molecule has 5 atom stereocenters. The minimum absolute atomic E-state index is 0.0129. The van der Waals surface area contributed by atoms with Crippen molar-refractivity contribution in [2.24, 2.45) is 23.7 Å². The Morgan fingerprint density at radius 1 is 1.07 bits per heavy atom. The Labute approximate surface area is 169 Å². The maximum absolute atomic E-state index is 14.5. The van der Waals surface area contributed by atoms with E-state index in [9.17, 15) is 22.4 Å². The third-order valence-electron chi connectivity index (χ3n) is 5.89. The van der Waals surface area contributed by atoms with Crippen LogP contribution in [0.5, 0.6) is 0 Å². The van der Waals surface area contributed by atoms with E-state index < -0.39 is 48.6 Å². The average molecular weight is 421 g/mol. The van der Waals surface area contributed by atoms with Crippen molar-refractivity contribution in [1.29, 1.82) is 5.26 Å². The van der Waals surface area contributed by atoms with E-state index in [2.05, 4.69) is 13.8 Å². The van der Waals surface area contributed by atoms with Crippen molar-refractivity contribution < 1.29 is 31.8 Å². The average Bonchev–Trinajstić information content (AvgIpc) is 2.61. The molecule has 2 rings (SSSR count). The molecule has 29 heavy (non-hydrogen) atoms. The Bertz CT molecular complexity index is 549. The molecule has 0 bridgehead atoms. The summed E-state index contributed by atoms with van der Waals surface area (Å²) in [5, 5.41) is 8.77. The van der Waals surface area contributed by atoms with Gasteiger partial charge in [0, 0.05) is 26.1 Å². The highest BCUT2D eigenvalue weighted by Crippen LogP contribution is 2.37. The maximum Gasteiger partial charge on any atom is 0.315 e. The molecule has 0 aromatic rings. The first-order valence-electron chi connectivity index (χ1n) is 10.5. The van der Waals surface area contributed by atoms with E-state index in [0.717, 1.165) is 12.8 Å². The van der Waals surface area contributed by atoms with E-state index in [1.165, 1.54) is 0 Å². The number of halogens is 4. The van der Waals surface area contributed by atoms with E-state index >= 15 is 0 Å². The summed E-state index contributed by atoms with van der Waals surface area (Å²) in [7, 11) is 0. The molecule has 2 aliphatic rings. The Morgan fingerprint density at radius 2 is 1.66 bits per heavy atom. The smallest absolute Gasteiger partial charge is 0.315 e. The van der Waals surface area contributed by atoms with E-state index in [1.54, 1.807) is 6.07 Å². The van der Waals surface area contributed by atoms with Crippen molar-refractivity contribution >= 4 is 5.97 Å². The fraction of sp³-hybridized carbons (Fsp3) is 0.905. The van der Waals surface area contributed by atoms with Crippen LogP contribution in [0.2, 0.25) is 0 Å². The molecule has 8 heteroatoms. The highest BCUT2D eigenvalue weighted by molar-refractivity contribution is 5.74. The van der Waals surface area contributed by atoms with Crippen LogP contribution in [0, 0.1) is 35.0 Å². The van der Waals surface area contributed by atoms with E-state index in [-0.39, 0.29) is 38.2 Å². The van der Waals surface area contributed by atoms with Gasteiger partial charge in [-0.3, -0.25) is 4.79 Å². The molecule has 0 spiro atoms. The summed E-state index contributed by atoms with van der Waals surface area (Å²) in [6.45, 7) is 4.90. The number of nitriles is 1. The van der Waals surface area contributed by atoms with Crippen LogP contribution in [-0.2, 0) is 14.3 Å². The fourth-order valence-electron chi connectivity index (χ4n) is 4.32. The Hall–Kier alpha value is -1.36. The van der Waals surface area contributed by atoms with Crippen molar-refractivity contribution in [2.75, 3.05) is 13.2 Å². The van der Waals surface area contributed by atoms with Crippen molar-refractivity contribution in [3.05, 3.63) is 0 Å². The number of ether oxygens (including phenoxy) is 2. The normalized spacial score (nSPS) is 38.8. The molecule has 5 unspecified atom stereocenters. The summed E-state index contributed by atoms with van der Waals surface area (Å²) >= 11 is 0. The molecule has 0 heterocycles. The summed E-state index contributed by atoms with van der Waals surface area (Å²) in [5.41, 5.74) is 0.